The lowest BCUT2D eigenvalue weighted by Crippen LogP contribution is -2.17. The lowest BCUT2D eigenvalue weighted by atomic mass is 9.98. The van der Waals surface area contributed by atoms with Gasteiger partial charge in [0.15, 0.2) is 0 Å². The summed E-state index contributed by atoms with van der Waals surface area (Å²) in [7, 11) is 2.04. The van der Waals surface area contributed by atoms with Gasteiger partial charge in [-0.25, -0.2) is 0 Å². The van der Waals surface area contributed by atoms with Gasteiger partial charge in [-0.3, -0.25) is 0 Å². The quantitative estimate of drug-likeness (QED) is 0.866. The van der Waals surface area contributed by atoms with Crippen molar-refractivity contribution in [2.45, 2.75) is 33.2 Å². The molecule has 1 unspecified atom stereocenters. The Morgan fingerprint density at radius 1 is 1.17 bits per heavy atom. The third kappa shape index (κ3) is 2.65. The van der Waals surface area contributed by atoms with E-state index in [0.717, 1.165) is 6.42 Å². The first kappa shape index (κ1) is 13.3. The van der Waals surface area contributed by atoms with Crippen LogP contribution < -0.4 is 5.32 Å². The van der Waals surface area contributed by atoms with Crippen LogP contribution in [-0.4, -0.2) is 7.05 Å². The maximum atomic E-state index is 3.44. The van der Waals surface area contributed by atoms with Gasteiger partial charge in [0, 0.05) is 9.75 Å². The van der Waals surface area contributed by atoms with E-state index in [1.54, 1.807) is 0 Å². The molecule has 2 aromatic rings. The summed E-state index contributed by atoms with van der Waals surface area (Å²) in [4.78, 5) is 2.86. The normalized spacial score (nSPS) is 12.7. The van der Waals surface area contributed by atoms with Crippen LogP contribution in [0.1, 0.15) is 39.4 Å². The smallest absolute Gasteiger partial charge is 0.0671 e. The number of hydrogen-bond acceptors (Lipinski definition) is 2. The molecule has 1 aromatic heterocycles. The summed E-state index contributed by atoms with van der Waals surface area (Å²) in [5, 5.41) is 3.44. The van der Waals surface area contributed by atoms with Crippen molar-refractivity contribution < 1.29 is 0 Å². The van der Waals surface area contributed by atoms with Gasteiger partial charge in [0.2, 0.25) is 0 Å². The summed E-state index contributed by atoms with van der Waals surface area (Å²) in [6.45, 7) is 6.55. The van der Waals surface area contributed by atoms with Crippen molar-refractivity contribution in [1.82, 2.24) is 5.32 Å². The van der Waals surface area contributed by atoms with Crippen LogP contribution in [0.5, 0.6) is 0 Å². The average Bonchev–Trinajstić information content (AvgIpc) is 2.81. The molecule has 1 atom stereocenters. The molecule has 0 saturated heterocycles. The van der Waals surface area contributed by atoms with Crippen LogP contribution in [0.2, 0.25) is 0 Å². The lowest BCUT2D eigenvalue weighted by Gasteiger charge is -2.18. The van der Waals surface area contributed by atoms with Crippen molar-refractivity contribution in [1.29, 1.82) is 0 Å². The molecule has 0 aliphatic carbocycles. The van der Waals surface area contributed by atoms with E-state index in [4.69, 9.17) is 0 Å². The second-order valence-corrected chi connectivity index (χ2v) is 5.94. The Morgan fingerprint density at radius 3 is 2.50 bits per heavy atom. The van der Waals surface area contributed by atoms with Crippen molar-refractivity contribution in [3.8, 4) is 0 Å². The highest BCUT2D eigenvalue weighted by Crippen LogP contribution is 2.30. The second-order valence-electron chi connectivity index (χ2n) is 4.74. The maximum Gasteiger partial charge on any atom is 0.0671 e. The summed E-state index contributed by atoms with van der Waals surface area (Å²) in [5.74, 6) is 0. The minimum atomic E-state index is 0.316. The van der Waals surface area contributed by atoms with E-state index in [-0.39, 0.29) is 0 Å². The van der Waals surface area contributed by atoms with Gasteiger partial charge in [-0.15, -0.1) is 11.3 Å². The number of nitrogens with one attached hydrogen (secondary N) is 1. The largest absolute Gasteiger partial charge is 0.309 e. The number of thiophene rings is 1. The van der Waals surface area contributed by atoms with E-state index in [9.17, 15) is 0 Å². The number of aryl methyl sites for hydroxylation is 3. The van der Waals surface area contributed by atoms with Crippen LogP contribution in [0.4, 0.5) is 0 Å². The van der Waals surface area contributed by atoms with Crippen LogP contribution in [0.25, 0.3) is 0 Å². The molecule has 0 saturated carbocycles. The van der Waals surface area contributed by atoms with Gasteiger partial charge in [0.25, 0.3) is 0 Å². The molecule has 1 N–H and O–H groups in total. The molecule has 1 nitrogen and oxygen atoms in total. The molecule has 1 heterocycles. The predicted molar refractivity (Wildman–Crippen MR) is 80.5 cm³/mol. The highest BCUT2D eigenvalue weighted by atomic mass is 32.1. The third-order valence-corrected chi connectivity index (χ3v) is 4.63. The molecule has 18 heavy (non-hydrogen) atoms. The van der Waals surface area contributed by atoms with E-state index in [1.807, 2.05) is 18.4 Å². The van der Waals surface area contributed by atoms with Gasteiger partial charge in [-0.2, -0.15) is 0 Å². The maximum absolute atomic E-state index is 3.44. The van der Waals surface area contributed by atoms with Gasteiger partial charge in [0.1, 0.15) is 0 Å². The molecule has 2 rings (SSSR count). The Bertz CT molecular complexity index is 528. The summed E-state index contributed by atoms with van der Waals surface area (Å²) in [6, 6.07) is 11.5. The number of rotatable bonds is 4. The second kappa shape index (κ2) is 5.68. The Hall–Kier alpha value is -1.12. The molecule has 96 valence electrons. The summed E-state index contributed by atoms with van der Waals surface area (Å²) in [6.07, 6.45) is 1.12. The van der Waals surface area contributed by atoms with Crippen molar-refractivity contribution >= 4 is 11.3 Å². The van der Waals surface area contributed by atoms with Crippen LogP contribution in [0, 0.1) is 13.8 Å². The van der Waals surface area contributed by atoms with Crippen molar-refractivity contribution in [3.63, 3.8) is 0 Å². The molecule has 1 aromatic carbocycles. The van der Waals surface area contributed by atoms with Crippen LogP contribution >= 0.6 is 11.3 Å². The van der Waals surface area contributed by atoms with Gasteiger partial charge in [-0.05, 0) is 50.6 Å². The Balaban J connectivity index is 2.38. The fraction of sp³-hybridized carbons (Fsp3) is 0.375. The van der Waals surface area contributed by atoms with E-state index in [2.05, 4.69) is 56.4 Å². The zero-order chi connectivity index (χ0) is 13.1. The molecule has 0 bridgehead atoms. The molecule has 0 amide bonds. The van der Waals surface area contributed by atoms with E-state index >= 15 is 0 Å². The lowest BCUT2D eigenvalue weighted by molar-refractivity contribution is 0.699. The van der Waals surface area contributed by atoms with E-state index in [1.165, 1.54) is 26.4 Å². The summed E-state index contributed by atoms with van der Waals surface area (Å²) in [5.41, 5.74) is 4.07. The fourth-order valence-electron chi connectivity index (χ4n) is 2.34. The van der Waals surface area contributed by atoms with Crippen molar-refractivity contribution in [2.24, 2.45) is 0 Å². The highest BCUT2D eigenvalue weighted by Gasteiger charge is 2.15. The molecule has 0 aliphatic rings. The molecular weight excluding hydrogens is 238 g/mol. The highest BCUT2D eigenvalue weighted by molar-refractivity contribution is 7.12. The Labute approximate surface area is 114 Å². The van der Waals surface area contributed by atoms with Crippen molar-refractivity contribution in [2.75, 3.05) is 7.05 Å². The first-order valence-corrected chi connectivity index (χ1v) is 7.30. The minimum Gasteiger partial charge on any atom is -0.309 e. The van der Waals surface area contributed by atoms with Gasteiger partial charge < -0.3 is 5.32 Å². The zero-order valence-electron chi connectivity index (χ0n) is 11.6. The standard InChI is InChI=1S/C16H21NS/c1-5-13-7-9-15(18-13)16(17-4)14-8-6-11(2)10-12(14)3/h6-10,16-17H,5H2,1-4H3. The molecule has 2 heteroatoms. The topological polar surface area (TPSA) is 12.0 Å². The molecule has 0 radical (unpaired) electrons. The van der Waals surface area contributed by atoms with E-state index < -0.39 is 0 Å². The monoisotopic (exact) mass is 259 g/mol. The van der Waals surface area contributed by atoms with Crippen LogP contribution in [0.15, 0.2) is 30.3 Å². The van der Waals surface area contributed by atoms with Gasteiger partial charge in [0.05, 0.1) is 6.04 Å². The molecule has 0 spiro atoms. The summed E-state index contributed by atoms with van der Waals surface area (Å²) < 4.78 is 0. The minimum absolute atomic E-state index is 0.316. The Morgan fingerprint density at radius 2 is 1.94 bits per heavy atom. The fourth-order valence-corrected chi connectivity index (χ4v) is 3.42. The van der Waals surface area contributed by atoms with Gasteiger partial charge >= 0.3 is 0 Å². The third-order valence-electron chi connectivity index (χ3n) is 3.34. The first-order chi connectivity index (χ1) is 8.65. The van der Waals surface area contributed by atoms with Crippen molar-refractivity contribution in [3.05, 3.63) is 56.8 Å². The van der Waals surface area contributed by atoms with Gasteiger partial charge in [-0.1, -0.05) is 30.7 Å². The predicted octanol–water partition coefficient (Wildman–Crippen LogP) is 4.24. The SMILES string of the molecule is CCc1ccc(C(NC)c2ccc(C)cc2C)s1. The molecular formula is C16H21NS. The average molecular weight is 259 g/mol. The Kier molecular flexibility index (Phi) is 4.20. The number of hydrogen-bond donors (Lipinski definition) is 1. The number of benzene rings is 1. The zero-order valence-corrected chi connectivity index (χ0v) is 12.4. The van der Waals surface area contributed by atoms with Crippen LogP contribution in [-0.2, 0) is 6.42 Å². The molecule has 0 fully saturated rings. The summed E-state index contributed by atoms with van der Waals surface area (Å²) >= 11 is 1.91. The first-order valence-electron chi connectivity index (χ1n) is 6.48. The van der Waals surface area contributed by atoms with Crippen LogP contribution in [0.3, 0.4) is 0 Å². The molecule has 0 aliphatic heterocycles. The van der Waals surface area contributed by atoms with E-state index in [0.29, 0.717) is 6.04 Å².